The van der Waals surface area contributed by atoms with Gasteiger partial charge in [0.05, 0.1) is 18.6 Å². The molecule has 1 aromatic heterocycles. The molecule has 2 aromatic rings. The number of methoxy groups -OCH3 is 1. The maximum Gasteiger partial charge on any atom is 0.350 e. The fourth-order valence-electron chi connectivity index (χ4n) is 4.77. The lowest BCUT2D eigenvalue weighted by Gasteiger charge is -2.30. The molecule has 0 amide bonds. The molecule has 1 saturated carbocycles. The van der Waals surface area contributed by atoms with Crippen LogP contribution in [0.5, 0.6) is 5.75 Å². The molecule has 1 aromatic carbocycles. The average molecular weight is 445 g/mol. The monoisotopic (exact) mass is 444 g/mol. The Balaban J connectivity index is 1.78. The van der Waals surface area contributed by atoms with Gasteiger partial charge in [-0.15, -0.1) is 0 Å². The van der Waals surface area contributed by atoms with Crippen LogP contribution in [0.1, 0.15) is 38.6 Å². The van der Waals surface area contributed by atoms with Gasteiger partial charge in [0.15, 0.2) is 11.6 Å². The predicted molar refractivity (Wildman–Crippen MR) is 120 cm³/mol. The van der Waals surface area contributed by atoms with E-state index in [1.165, 1.54) is 17.7 Å². The lowest BCUT2D eigenvalue weighted by Crippen LogP contribution is -2.44. The van der Waals surface area contributed by atoms with Crippen molar-refractivity contribution in [2.75, 3.05) is 44.5 Å². The zero-order chi connectivity index (χ0) is 23.2. The summed E-state index contributed by atoms with van der Waals surface area (Å²) in [5.41, 5.74) is -0.770. The number of rotatable bonds is 7. The normalized spacial score (nSPS) is 19.5. The summed E-state index contributed by atoms with van der Waals surface area (Å²) < 4.78 is 23.1. The van der Waals surface area contributed by atoms with Crippen molar-refractivity contribution >= 4 is 16.6 Å². The minimum absolute atomic E-state index is 0.0393. The Labute approximate surface area is 185 Å². The molecule has 172 valence electrons. The van der Waals surface area contributed by atoms with Crippen LogP contribution in [0.15, 0.2) is 15.7 Å². The van der Waals surface area contributed by atoms with Crippen molar-refractivity contribution in [2.45, 2.75) is 44.7 Å². The highest BCUT2D eigenvalue weighted by atomic mass is 19.1. The summed E-state index contributed by atoms with van der Waals surface area (Å²) in [5, 5.41) is 8.89. The number of nitrogens with zero attached hydrogens (tertiary/aromatic N) is 5. The standard InChI is InChI=1S/C22H29FN6O3/c1-13(26(2)9-4-8-24)14-7-10-27(12-14)19-17(23)11-16-18(20(19)32-3)28(15-5-6-15)22(31)29(25)21(16)30/h11,13-15H,4-7,9-10,12,25H2,1-3H3. The highest BCUT2D eigenvalue weighted by Gasteiger charge is 2.35. The first-order valence-electron chi connectivity index (χ1n) is 10.9. The van der Waals surface area contributed by atoms with Crippen LogP contribution in [0.2, 0.25) is 0 Å². The van der Waals surface area contributed by atoms with Crippen molar-refractivity contribution in [3.63, 3.8) is 0 Å². The summed E-state index contributed by atoms with van der Waals surface area (Å²) in [6.45, 7) is 4.04. The minimum atomic E-state index is -0.738. The Bertz CT molecular complexity index is 1200. The van der Waals surface area contributed by atoms with E-state index in [1.807, 2.05) is 11.9 Å². The summed E-state index contributed by atoms with van der Waals surface area (Å²) in [6.07, 6.45) is 2.91. The van der Waals surface area contributed by atoms with Crippen LogP contribution in [0.4, 0.5) is 10.1 Å². The van der Waals surface area contributed by atoms with E-state index in [2.05, 4.69) is 17.9 Å². The van der Waals surface area contributed by atoms with E-state index in [1.54, 1.807) is 0 Å². The van der Waals surface area contributed by atoms with Gasteiger partial charge in [0.1, 0.15) is 11.2 Å². The van der Waals surface area contributed by atoms with Gasteiger partial charge in [0.2, 0.25) is 0 Å². The Hall–Kier alpha value is -3.06. The molecule has 4 rings (SSSR count). The van der Waals surface area contributed by atoms with Crippen LogP contribution < -0.4 is 26.7 Å². The first kappa shape index (κ1) is 22.1. The Kier molecular flexibility index (Phi) is 5.86. The molecule has 2 unspecified atom stereocenters. The summed E-state index contributed by atoms with van der Waals surface area (Å²) in [4.78, 5) is 29.5. The van der Waals surface area contributed by atoms with Gasteiger partial charge < -0.3 is 20.4 Å². The van der Waals surface area contributed by atoms with Crippen molar-refractivity contribution in [1.82, 2.24) is 14.1 Å². The van der Waals surface area contributed by atoms with E-state index >= 15 is 4.39 Å². The molecule has 10 heteroatoms. The summed E-state index contributed by atoms with van der Waals surface area (Å²) >= 11 is 0. The second kappa shape index (κ2) is 8.47. The first-order chi connectivity index (χ1) is 15.3. The Morgan fingerprint density at radius 1 is 1.38 bits per heavy atom. The van der Waals surface area contributed by atoms with Crippen LogP contribution in [0.25, 0.3) is 10.9 Å². The SMILES string of the molecule is COc1c(N2CCC(C(C)N(C)CCC#N)C2)c(F)cc2c(=O)n(N)c(=O)n(C3CC3)c12. The Morgan fingerprint density at radius 2 is 2.09 bits per heavy atom. The third kappa shape index (κ3) is 3.60. The second-order valence-electron chi connectivity index (χ2n) is 8.82. The Morgan fingerprint density at radius 3 is 2.72 bits per heavy atom. The van der Waals surface area contributed by atoms with Crippen LogP contribution in [-0.2, 0) is 0 Å². The fourth-order valence-corrected chi connectivity index (χ4v) is 4.77. The molecule has 2 heterocycles. The van der Waals surface area contributed by atoms with Crippen molar-refractivity contribution in [3.8, 4) is 11.8 Å². The van der Waals surface area contributed by atoms with Gasteiger partial charge in [-0.2, -0.15) is 9.94 Å². The number of anilines is 1. The van der Waals surface area contributed by atoms with Gasteiger partial charge in [-0.25, -0.2) is 9.18 Å². The van der Waals surface area contributed by atoms with Crippen molar-refractivity contribution in [1.29, 1.82) is 5.26 Å². The third-order valence-electron chi connectivity index (χ3n) is 6.90. The largest absolute Gasteiger partial charge is 0.492 e. The van der Waals surface area contributed by atoms with Crippen LogP contribution >= 0.6 is 0 Å². The quantitative estimate of drug-likeness (QED) is 0.643. The van der Waals surface area contributed by atoms with Gasteiger partial charge in [-0.1, -0.05) is 0 Å². The molecule has 2 atom stereocenters. The highest BCUT2D eigenvalue weighted by Crippen LogP contribution is 2.43. The topological polar surface area (TPSA) is 110 Å². The summed E-state index contributed by atoms with van der Waals surface area (Å²) in [5.74, 6) is 5.61. The molecule has 9 nitrogen and oxygen atoms in total. The molecular weight excluding hydrogens is 415 g/mol. The van der Waals surface area contributed by atoms with Crippen molar-refractivity contribution in [3.05, 3.63) is 32.7 Å². The zero-order valence-electron chi connectivity index (χ0n) is 18.7. The van der Waals surface area contributed by atoms with Crippen molar-refractivity contribution < 1.29 is 9.13 Å². The van der Waals surface area contributed by atoms with Gasteiger partial charge in [0.25, 0.3) is 5.56 Å². The minimum Gasteiger partial charge on any atom is -0.492 e. The molecule has 1 saturated heterocycles. The molecule has 0 spiro atoms. The number of nitrogens with two attached hydrogens (primary N) is 1. The number of hydrogen-bond acceptors (Lipinski definition) is 7. The van der Waals surface area contributed by atoms with E-state index in [9.17, 15) is 9.59 Å². The molecule has 32 heavy (non-hydrogen) atoms. The lowest BCUT2D eigenvalue weighted by molar-refractivity contribution is 0.203. The van der Waals surface area contributed by atoms with Gasteiger partial charge >= 0.3 is 5.69 Å². The van der Waals surface area contributed by atoms with E-state index in [4.69, 9.17) is 15.8 Å². The number of aromatic nitrogens is 2. The number of hydrogen-bond donors (Lipinski definition) is 1. The van der Waals surface area contributed by atoms with Gasteiger partial charge in [-0.05, 0) is 45.2 Å². The van der Waals surface area contributed by atoms with E-state index in [-0.39, 0.29) is 34.8 Å². The number of halogens is 1. The summed E-state index contributed by atoms with van der Waals surface area (Å²) in [7, 11) is 3.42. The maximum absolute atomic E-state index is 15.4. The van der Waals surface area contributed by atoms with Crippen LogP contribution in [0.3, 0.4) is 0 Å². The molecule has 0 bridgehead atoms. The van der Waals surface area contributed by atoms with Crippen LogP contribution in [-0.4, -0.2) is 54.0 Å². The number of fused-ring (bicyclic) bond motifs is 1. The van der Waals surface area contributed by atoms with Gasteiger partial charge in [0, 0.05) is 38.1 Å². The average Bonchev–Trinajstić information content (AvgIpc) is 3.50. The number of nitrogen functional groups attached to an aromatic ring is 1. The highest BCUT2D eigenvalue weighted by molar-refractivity contribution is 5.91. The smallest absolute Gasteiger partial charge is 0.350 e. The number of benzene rings is 1. The molecule has 2 fully saturated rings. The van der Waals surface area contributed by atoms with E-state index in [0.717, 1.165) is 19.3 Å². The molecule has 2 aliphatic rings. The third-order valence-corrected chi connectivity index (χ3v) is 6.90. The van der Waals surface area contributed by atoms with E-state index < -0.39 is 17.1 Å². The fraction of sp³-hybridized carbons (Fsp3) is 0.591. The van der Waals surface area contributed by atoms with E-state index in [0.29, 0.717) is 36.2 Å². The summed E-state index contributed by atoms with van der Waals surface area (Å²) in [6, 6.07) is 3.49. The first-order valence-corrected chi connectivity index (χ1v) is 10.9. The van der Waals surface area contributed by atoms with Gasteiger partial charge in [-0.3, -0.25) is 9.36 Å². The molecule has 0 radical (unpaired) electrons. The molecular formula is C22H29FN6O3. The zero-order valence-corrected chi connectivity index (χ0v) is 18.7. The maximum atomic E-state index is 15.4. The predicted octanol–water partition coefficient (Wildman–Crippen LogP) is 1.42. The molecule has 2 N–H and O–H groups in total. The number of ether oxygens (including phenoxy) is 1. The second-order valence-corrected chi connectivity index (χ2v) is 8.82. The lowest BCUT2D eigenvalue weighted by atomic mass is 9.99. The molecule has 1 aliphatic heterocycles. The number of nitriles is 1. The molecule has 1 aliphatic carbocycles. The van der Waals surface area contributed by atoms with Crippen molar-refractivity contribution in [2.24, 2.45) is 5.92 Å². The van der Waals surface area contributed by atoms with Crippen LogP contribution in [0, 0.1) is 23.1 Å².